The molecule has 0 atom stereocenters. The highest BCUT2D eigenvalue weighted by Crippen LogP contribution is 2.34. The summed E-state index contributed by atoms with van der Waals surface area (Å²) in [6.07, 6.45) is 5.26. The van der Waals surface area contributed by atoms with Crippen LogP contribution in [-0.2, 0) is 4.79 Å². The van der Waals surface area contributed by atoms with Gasteiger partial charge in [-0.3, -0.25) is 9.69 Å². The van der Waals surface area contributed by atoms with Crippen molar-refractivity contribution in [1.29, 1.82) is 0 Å². The molecule has 0 spiro atoms. The van der Waals surface area contributed by atoms with Crippen molar-refractivity contribution in [3.05, 3.63) is 0 Å². The van der Waals surface area contributed by atoms with E-state index in [0.717, 1.165) is 12.5 Å². The van der Waals surface area contributed by atoms with Crippen molar-refractivity contribution in [2.24, 2.45) is 11.7 Å². The molecular formula is C11H21N3O. The number of rotatable bonds is 7. The molecule has 0 aliphatic heterocycles. The standard InChI is InChI=1S/C11H21N3O/c12-5-6-13-11(15)8-14(10-3-4-10)7-9-1-2-9/h9-10H,1-8,12H2,(H,13,15). The second kappa shape index (κ2) is 4.94. The Labute approximate surface area is 91.2 Å². The number of nitrogens with zero attached hydrogens (tertiary/aromatic N) is 1. The van der Waals surface area contributed by atoms with Crippen LogP contribution in [0.4, 0.5) is 0 Å². The van der Waals surface area contributed by atoms with Gasteiger partial charge in [0.25, 0.3) is 0 Å². The van der Waals surface area contributed by atoms with Gasteiger partial charge < -0.3 is 11.1 Å². The third-order valence-corrected chi connectivity index (χ3v) is 3.07. The van der Waals surface area contributed by atoms with E-state index < -0.39 is 0 Å². The third-order valence-electron chi connectivity index (χ3n) is 3.07. The van der Waals surface area contributed by atoms with E-state index in [0.29, 0.717) is 25.7 Å². The van der Waals surface area contributed by atoms with E-state index in [1.807, 2.05) is 0 Å². The van der Waals surface area contributed by atoms with Gasteiger partial charge in [0.15, 0.2) is 0 Å². The maximum Gasteiger partial charge on any atom is 0.234 e. The highest BCUT2D eigenvalue weighted by Gasteiger charge is 2.34. The second-order valence-corrected chi connectivity index (χ2v) is 4.74. The van der Waals surface area contributed by atoms with Crippen molar-refractivity contribution >= 4 is 5.91 Å². The number of hydrogen-bond acceptors (Lipinski definition) is 3. The van der Waals surface area contributed by atoms with Crippen LogP contribution in [-0.4, -0.2) is 43.0 Å². The predicted octanol–water partition coefficient (Wildman–Crippen LogP) is -0.0643. The summed E-state index contributed by atoms with van der Waals surface area (Å²) in [5.74, 6) is 1.00. The first-order valence-corrected chi connectivity index (χ1v) is 6.00. The van der Waals surface area contributed by atoms with Gasteiger partial charge in [-0.05, 0) is 31.6 Å². The van der Waals surface area contributed by atoms with Crippen LogP contribution in [0.25, 0.3) is 0 Å². The van der Waals surface area contributed by atoms with Crippen LogP contribution in [0.1, 0.15) is 25.7 Å². The van der Waals surface area contributed by atoms with Crippen molar-refractivity contribution < 1.29 is 4.79 Å². The molecule has 2 aliphatic rings. The molecule has 0 radical (unpaired) electrons. The molecule has 0 saturated heterocycles. The Hall–Kier alpha value is -0.610. The van der Waals surface area contributed by atoms with Gasteiger partial charge in [-0.1, -0.05) is 0 Å². The molecule has 0 heterocycles. The average molecular weight is 211 g/mol. The lowest BCUT2D eigenvalue weighted by Gasteiger charge is -2.20. The highest BCUT2D eigenvalue weighted by molar-refractivity contribution is 5.78. The minimum Gasteiger partial charge on any atom is -0.354 e. The summed E-state index contributed by atoms with van der Waals surface area (Å²) < 4.78 is 0. The molecule has 2 fully saturated rings. The first-order chi connectivity index (χ1) is 7.29. The summed E-state index contributed by atoms with van der Waals surface area (Å²) in [7, 11) is 0. The van der Waals surface area contributed by atoms with Crippen LogP contribution in [0.15, 0.2) is 0 Å². The molecule has 4 heteroatoms. The van der Waals surface area contributed by atoms with E-state index in [1.165, 1.54) is 25.7 Å². The van der Waals surface area contributed by atoms with Gasteiger partial charge in [-0.2, -0.15) is 0 Å². The third kappa shape index (κ3) is 3.80. The quantitative estimate of drug-likeness (QED) is 0.620. The molecule has 1 amide bonds. The SMILES string of the molecule is NCCNC(=O)CN(CC1CC1)C1CC1. The Morgan fingerprint density at radius 3 is 2.60 bits per heavy atom. The smallest absolute Gasteiger partial charge is 0.234 e. The molecular weight excluding hydrogens is 190 g/mol. The molecule has 2 saturated carbocycles. The molecule has 0 bridgehead atoms. The summed E-state index contributed by atoms with van der Waals surface area (Å²) in [5, 5.41) is 2.83. The van der Waals surface area contributed by atoms with Crippen LogP contribution in [0, 0.1) is 5.92 Å². The zero-order valence-corrected chi connectivity index (χ0v) is 9.24. The molecule has 0 aromatic rings. The van der Waals surface area contributed by atoms with Crippen LogP contribution in [0.3, 0.4) is 0 Å². The summed E-state index contributed by atoms with van der Waals surface area (Å²) in [5.41, 5.74) is 5.34. The van der Waals surface area contributed by atoms with Gasteiger partial charge in [0, 0.05) is 25.7 Å². The Morgan fingerprint density at radius 2 is 2.07 bits per heavy atom. The molecule has 2 aliphatic carbocycles. The van der Waals surface area contributed by atoms with E-state index in [4.69, 9.17) is 5.73 Å². The maximum absolute atomic E-state index is 11.5. The minimum absolute atomic E-state index is 0.132. The fraction of sp³-hybridized carbons (Fsp3) is 0.909. The summed E-state index contributed by atoms with van der Waals surface area (Å²) in [4.78, 5) is 13.9. The van der Waals surface area contributed by atoms with E-state index >= 15 is 0 Å². The lowest BCUT2D eigenvalue weighted by Crippen LogP contribution is -2.40. The first kappa shape index (κ1) is 10.9. The second-order valence-electron chi connectivity index (χ2n) is 4.74. The van der Waals surface area contributed by atoms with Gasteiger partial charge in [0.2, 0.25) is 5.91 Å². The number of nitrogens with two attached hydrogens (primary N) is 1. The van der Waals surface area contributed by atoms with Crippen molar-refractivity contribution in [3.63, 3.8) is 0 Å². The predicted molar refractivity (Wildman–Crippen MR) is 59.4 cm³/mol. The Kier molecular flexibility index (Phi) is 3.59. The first-order valence-electron chi connectivity index (χ1n) is 6.00. The van der Waals surface area contributed by atoms with Gasteiger partial charge in [-0.15, -0.1) is 0 Å². The molecule has 0 aromatic heterocycles. The van der Waals surface area contributed by atoms with Gasteiger partial charge >= 0.3 is 0 Å². The average Bonchev–Trinajstić information content (AvgIpc) is 3.02. The Balaban J connectivity index is 1.69. The number of hydrogen-bond donors (Lipinski definition) is 2. The van der Waals surface area contributed by atoms with Gasteiger partial charge in [0.1, 0.15) is 0 Å². The monoisotopic (exact) mass is 211 g/mol. The summed E-state index contributed by atoms with van der Waals surface area (Å²) in [6, 6.07) is 0.689. The van der Waals surface area contributed by atoms with E-state index in [9.17, 15) is 4.79 Å². The fourth-order valence-electron chi connectivity index (χ4n) is 1.87. The Morgan fingerprint density at radius 1 is 1.33 bits per heavy atom. The lowest BCUT2D eigenvalue weighted by molar-refractivity contribution is -0.122. The van der Waals surface area contributed by atoms with Crippen LogP contribution in [0.5, 0.6) is 0 Å². The number of nitrogens with one attached hydrogen (secondary N) is 1. The zero-order chi connectivity index (χ0) is 10.7. The normalized spacial score (nSPS) is 20.7. The Bertz CT molecular complexity index is 224. The molecule has 15 heavy (non-hydrogen) atoms. The summed E-state index contributed by atoms with van der Waals surface area (Å²) >= 11 is 0. The largest absolute Gasteiger partial charge is 0.354 e. The van der Waals surface area contributed by atoms with Crippen molar-refractivity contribution in [3.8, 4) is 0 Å². The van der Waals surface area contributed by atoms with Crippen molar-refractivity contribution in [2.75, 3.05) is 26.2 Å². The lowest BCUT2D eigenvalue weighted by atomic mass is 10.3. The fourth-order valence-corrected chi connectivity index (χ4v) is 1.87. The minimum atomic E-state index is 0.132. The van der Waals surface area contributed by atoms with E-state index in [2.05, 4.69) is 10.2 Å². The molecule has 3 N–H and O–H groups in total. The number of amides is 1. The van der Waals surface area contributed by atoms with Crippen molar-refractivity contribution in [2.45, 2.75) is 31.7 Å². The molecule has 4 nitrogen and oxygen atoms in total. The molecule has 86 valence electrons. The topological polar surface area (TPSA) is 58.4 Å². The van der Waals surface area contributed by atoms with Crippen LogP contribution >= 0.6 is 0 Å². The van der Waals surface area contributed by atoms with E-state index in [1.54, 1.807) is 0 Å². The van der Waals surface area contributed by atoms with Gasteiger partial charge in [0.05, 0.1) is 6.54 Å². The van der Waals surface area contributed by atoms with E-state index in [-0.39, 0.29) is 5.91 Å². The molecule has 0 aromatic carbocycles. The number of carbonyl (C=O) groups excluding carboxylic acids is 1. The molecule has 2 rings (SSSR count). The van der Waals surface area contributed by atoms with Crippen LogP contribution in [0.2, 0.25) is 0 Å². The summed E-state index contributed by atoms with van der Waals surface area (Å²) in [6.45, 7) is 2.82. The van der Waals surface area contributed by atoms with Gasteiger partial charge in [-0.25, -0.2) is 0 Å². The zero-order valence-electron chi connectivity index (χ0n) is 9.24. The number of carbonyl (C=O) groups is 1. The maximum atomic E-state index is 11.5. The van der Waals surface area contributed by atoms with Crippen molar-refractivity contribution in [1.82, 2.24) is 10.2 Å². The highest BCUT2D eigenvalue weighted by atomic mass is 16.2. The van der Waals surface area contributed by atoms with Crippen LogP contribution < -0.4 is 11.1 Å². The molecule has 0 unspecified atom stereocenters.